The van der Waals surface area contributed by atoms with E-state index in [0.717, 1.165) is 12.8 Å². The fourth-order valence-corrected chi connectivity index (χ4v) is 4.41. The number of ether oxygens (including phenoxy) is 3. The molecule has 0 unspecified atom stereocenters. The number of benzene rings is 1. The molecular weight excluding hydrogens is 436 g/mol. The SMILES string of the molecule is COc1ccnc(C(=O)N[C@H]2COC[C@H](Cc3ccccc3)[C@@H](CC(C)C)[C@H](C)OC2=O)c1O. The number of hydrogen-bond donors (Lipinski definition) is 2. The van der Waals surface area contributed by atoms with Gasteiger partial charge in [-0.25, -0.2) is 9.78 Å². The van der Waals surface area contributed by atoms with E-state index in [1.165, 1.54) is 24.9 Å². The van der Waals surface area contributed by atoms with Crippen molar-refractivity contribution in [1.29, 1.82) is 0 Å². The van der Waals surface area contributed by atoms with Crippen LogP contribution in [0, 0.1) is 17.8 Å². The first-order valence-corrected chi connectivity index (χ1v) is 11.6. The zero-order valence-corrected chi connectivity index (χ0v) is 20.2. The Morgan fingerprint density at radius 2 is 1.97 bits per heavy atom. The van der Waals surface area contributed by atoms with Crippen molar-refractivity contribution in [2.45, 2.75) is 45.8 Å². The van der Waals surface area contributed by atoms with Crippen LogP contribution in [-0.4, -0.2) is 54.4 Å². The number of pyridine rings is 1. The number of nitrogens with one attached hydrogen (secondary N) is 1. The van der Waals surface area contributed by atoms with Crippen LogP contribution in [0.2, 0.25) is 0 Å². The van der Waals surface area contributed by atoms with Crippen LogP contribution in [0.1, 0.15) is 43.2 Å². The van der Waals surface area contributed by atoms with E-state index < -0.39 is 23.7 Å². The second-order valence-electron chi connectivity index (χ2n) is 9.16. The van der Waals surface area contributed by atoms with E-state index in [1.54, 1.807) is 0 Å². The van der Waals surface area contributed by atoms with Gasteiger partial charge in [-0.1, -0.05) is 44.2 Å². The molecule has 184 valence electrons. The maximum absolute atomic E-state index is 13.0. The number of amides is 1. The highest BCUT2D eigenvalue weighted by Gasteiger charge is 2.35. The molecule has 2 aromatic rings. The fourth-order valence-electron chi connectivity index (χ4n) is 4.41. The summed E-state index contributed by atoms with van der Waals surface area (Å²) < 4.78 is 16.8. The molecule has 1 aromatic heterocycles. The molecule has 3 rings (SSSR count). The van der Waals surface area contributed by atoms with Gasteiger partial charge in [0.05, 0.1) is 20.3 Å². The lowest BCUT2D eigenvalue weighted by molar-refractivity contribution is -0.154. The molecule has 1 amide bonds. The van der Waals surface area contributed by atoms with Gasteiger partial charge in [-0.15, -0.1) is 0 Å². The van der Waals surface area contributed by atoms with Crippen LogP contribution in [0.15, 0.2) is 42.6 Å². The molecule has 0 spiro atoms. The molecule has 8 heteroatoms. The van der Waals surface area contributed by atoms with Crippen molar-refractivity contribution in [3.63, 3.8) is 0 Å². The minimum absolute atomic E-state index is 0.0400. The summed E-state index contributed by atoms with van der Waals surface area (Å²) in [5.74, 6) is -0.905. The Kier molecular flexibility index (Phi) is 8.87. The predicted octanol–water partition coefficient (Wildman–Crippen LogP) is 3.38. The third-order valence-electron chi connectivity index (χ3n) is 6.12. The minimum atomic E-state index is -1.03. The van der Waals surface area contributed by atoms with E-state index in [9.17, 15) is 14.7 Å². The first-order chi connectivity index (χ1) is 16.3. The molecule has 2 N–H and O–H groups in total. The maximum Gasteiger partial charge on any atom is 0.331 e. The van der Waals surface area contributed by atoms with Gasteiger partial charge in [0.15, 0.2) is 23.2 Å². The summed E-state index contributed by atoms with van der Waals surface area (Å²) in [7, 11) is 1.38. The Morgan fingerprint density at radius 3 is 2.65 bits per heavy atom. The predicted molar refractivity (Wildman–Crippen MR) is 127 cm³/mol. The summed E-state index contributed by atoms with van der Waals surface area (Å²) in [6.45, 7) is 6.60. The van der Waals surface area contributed by atoms with Gasteiger partial charge in [-0.3, -0.25) is 4.79 Å². The van der Waals surface area contributed by atoms with Crippen molar-refractivity contribution in [2.75, 3.05) is 20.3 Å². The summed E-state index contributed by atoms with van der Waals surface area (Å²) in [5, 5.41) is 12.8. The average Bonchev–Trinajstić information content (AvgIpc) is 2.85. The zero-order chi connectivity index (χ0) is 24.7. The van der Waals surface area contributed by atoms with E-state index in [0.29, 0.717) is 12.5 Å². The number of esters is 1. The molecule has 0 bridgehead atoms. The highest BCUT2D eigenvalue weighted by molar-refractivity contribution is 5.98. The normalized spacial score (nSPS) is 23.4. The molecule has 1 aromatic carbocycles. The average molecular weight is 471 g/mol. The molecular formula is C26H34N2O6. The number of aromatic nitrogens is 1. The number of aromatic hydroxyl groups is 1. The lowest BCUT2D eigenvalue weighted by Gasteiger charge is -2.32. The van der Waals surface area contributed by atoms with Crippen LogP contribution in [-0.2, 0) is 20.7 Å². The van der Waals surface area contributed by atoms with Crippen LogP contribution in [0.3, 0.4) is 0 Å². The topological polar surface area (TPSA) is 107 Å². The van der Waals surface area contributed by atoms with Gasteiger partial charge in [-0.2, -0.15) is 0 Å². The number of methoxy groups -OCH3 is 1. The number of carbonyl (C=O) groups is 2. The van der Waals surface area contributed by atoms with Crippen LogP contribution >= 0.6 is 0 Å². The summed E-state index contributed by atoms with van der Waals surface area (Å²) in [5.41, 5.74) is 0.965. The zero-order valence-electron chi connectivity index (χ0n) is 20.2. The van der Waals surface area contributed by atoms with Crippen molar-refractivity contribution in [2.24, 2.45) is 17.8 Å². The largest absolute Gasteiger partial charge is 0.503 e. The number of hydrogen-bond acceptors (Lipinski definition) is 7. The summed E-state index contributed by atoms with van der Waals surface area (Å²) in [6, 6.07) is 10.6. The third kappa shape index (κ3) is 6.47. The van der Waals surface area contributed by atoms with Crippen molar-refractivity contribution >= 4 is 11.9 Å². The van der Waals surface area contributed by atoms with Gasteiger partial charge in [0.25, 0.3) is 5.91 Å². The van der Waals surface area contributed by atoms with Crippen LogP contribution < -0.4 is 10.1 Å². The Morgan fingerprint density at radius 1 is 1.24 bits per heavy atom. The van der Waals surface area contributed by atoms with E-state index in [2.05, 4.69) is 36.3 Å². The maximum atomic E-state index is 13.0. The van der Waals surface area contributed by atoms with Gasteiger partial charge in [0.2, 0.25) is 0 Å². The molecule has 8 nitrogen and oxygen atoms in total. The van der Waals surface area contributed by atoms with Gasteiger partial charge in [0, 0.05) is 18.2 Å². The fraction of sp³-hybridized carbons (Fsp3) is 0.500. The highest BCUT2D eigenvalue weighted by Crippen LogP contribution is 2.31. The lowest BCUT2D eigenvalue weighted by atomic mass is 9.79. The smallest absolute Gasteiger partial charge is 0.331 e. The summed E-state index contributed by atoms with van der Waals surface area (Å²) in [4.78, 5) is 29.7. The number of rotatable bonds is 7. The molecule has 1 saturated heterocycles. The minimum Gasteiger partial charge on any atom is -0.503 e. The molecule has 0 radical (unpaired) electrons. The van der Waals surface area contributed by atoms with E-state index in [1.807, 2.05) is 25.1 Å². The van der Waals surface area contributed by atoms with Crippen molar-refractivity contribution in [1.82, 2.24) is 10.3 Å². The van der Waals surface area contributed by atoms with Gasteiger partial charge >= 0.3 is 5.97 Å². The number of cyclic esters (lactones) is 1. The summed E-state index contributed by atoms with van der Waals surface area (Å²) >= 11 is 0. The first-order valence-electron chi connectivity index (χ1n) is 11.6. The Balaban J connectivity index is 1.78. The Bertz CT molecular complexity index is 965. The first kappa shape index (κ1) is 25.5. The number of nitrogens with zero attached hydrogens (tertiary/aromatic N) is 1. The van der Waals surface area contributed by atoms with Gasteiger partial charge in [0.1, 0.15) is 6.10 Å². The van der Waals surface area contributed by atoms with Crippen LogP contribution in [0.5, 0.6) is 11.5 Å². The molecule has 1 fully saturated rings. The monoisotopic (exact) mass is 470 g/mol. The van der Waals surface area contributed by atoms with Gasteiger partial charge in [-0.05, 0) is 37.2 Å². The second kappa shape index (κ2) is 11.8. The number of carbonyl (C=O) groups excluding carboxylic acids is 2. The molecule has 1 aliphatic rings. The van der Waals surface area contributed by atoms with Crippen molar-refractivity contribution in [3.8, 4) is 11.5 Å². The molecule has 34 heavy (non-hydrogen) atoms. The van der Waals surface area contributed by atoms with Gasteiger partial charge < -0.3 is 24.6 Å². The standard InChI is InChI=1S/C26H34N2O6/c1-16(2)12-20-17(3)34-26(31)21(15-33-14-19(20)13-18-8-6-5-7-9-18)28-25(30)23-24(29)22(32-4)10-11-27-23/h5-11,16-17,19-21,29H,12-15H2,1-4H3,(H,28,30)/t17-,19-,20-,21-/m0/s1. The Labute approximate surface area is 200 Å². The summed E-state index contributed by atoms with van der Waals surface area (Å²) in [6.07, 6.45) is 2.68. The molecule has 0 aliphatic carbocycles. The van der Waals surface area contributed by atoms with Crippen molar-refractivity contribution in [3.05, 3.63) is 53.9 Å². The lowest BCUT2D eigenvalue weighted by Crippen LogP contribution is -2.46. The third-order valence-corrected chi connectivity index (χ3v) is 6.12. The highest BCUT2D eigenvalue weighted by atomic mass is 16.6. The van der Waals surface area contributed by atoms with Crippen LogP contribution in [0.4, 0.5) is 0 Å². The van der Waals surface area contributed by atoms with E-state index in [4.69, 9.17) is 14.2 Å². The van der Waals surface area contributed by atoms with Crippen LogP contribution in [0.25, 0.3) is 0 Å². The van der Waals surface area contributed by atoms with E-state index >= 15 is 0 Å². The molecule has 4 atom stereocenters. The Hall–Kier alpha value is -3.13. The quantitative estimate of drug-likeness (QED) is 0.598. The van der Waals surface area contributed by atoms with E-state index in [-0.39, 0.29) is 36.0 Å². The van der Waals surface area contributed by atoms with Crippen molar-refractivity contribution < 1.29 is 28.9 Å². The molecule has 0 saturated carbocycles. The molecule has 2 heterocycles. The molecule has 1 aliphatic heterocycles. The second-order valence-corrected chi connectivity index (χ2v) is 9.16.